The lowest BCUT2D eigenvalue weighted by atomic mass is 9.98. The Morgan fingerprint density at radius 3 is 2.56 bits per heavy atom. The molecule has 3 rings (SSSR count). The van der Waals surface area contributed by atoms with Gasteiger partial charge in [0.15, 0.2) is 6.10 Å². The first kappa shape index (κ1) is 16.7. The molecule has 1 unspecified atom stereocenters. The number of esters is 1. The van der Waals surface area contributed by atoms with Crippen molar-refractivity contribution >= 4 is 17.8 Å². The highest BCUT2D eigenvalue weighted by Gasteiger charge is 2.30. The molecule has 2 N–H and O–H groups in total. The second-order valence-corrected chi connectivity index (χ2v) is 5.75. The van der Waals surface area contributed by atoms with Crippen LogP contribution >= 0.6 is 0 Å². The number of amides is 2. The summed E-state index contributed by atoms with van der Waals surface area (Å²) in [6, 6.07) is 14.0. The summed E-state index contributed by atoms with van der Waals surface area (Å²) in [5, 5.41) is 5.32. The van der Waals surface area contributed by atoms with Gasteiger partial charge in [0.25, 0.3) is 11.8 Å². The van der Waals surface area contributed by atoms with Gasteiger partial charge in [0.1, 0.15) is 0 Å². The Morgan fingerprint density at radius 2 is 1.84 bits per heavy atom. The van der Waals surface area contributed by atoms with E-state index in [1.54, 1.807) is 43.4 Å². The Bertz CT molecular complexity index is 814. The fourth-order valence-electron chi connectivity index (χ4n) is 2.70. The maximum absolute atomic E-state index is 12.3. The molecule has 6 heteroatoms. The van der Waals surface area contributed by atoms with Gasteiger partial charge < -0.3 is 15.4 Å². The predicted octanol–water partition coefficient (Wildman–Crippen LogP) is 1.44. The molecule has 0 bridgehead atoms. The van der Waals surface area contributed by atoms with Gasteiger partial charge in [-0.25, -0.2) is 4.79 Å². The second-order valence-electron chi connectivity index (χ2n) is 5.75. The van der Waals surface area contributed by atoms with Gasteiger partial charge in [-0.3, -0.25) is 9.59 Å². The Kier molecular flexibility index (Phi) is 4.79. The number of fused-ring (bicyclic) bond motifs is 1. The molecule has 0 saturated heterocycles. The molecule has 0 aliphatic carbocycles. The third kappa shape index (κ3) is 3.68. The lowest BCUT2D eigenvalue weighted by molar-refractivity contribution is -0.130. The highest BCUT2D eigenvalue weighted by Crippen LogP contribution is 2.20. The van der Waals surface area contributed by atoms with Gasteiger partial charge in [0, 0.05) is 25.6 Å². The molecule has 128 valence electrons. The molecular formula is C19H18N2O4. The number of ether oxygens (including phenoxy) is 1. The van der Waals surface area contributed by atoms with Gasteiger partial charge in [-0.1, -0.05) is 30.3 Å². The van der Waals surface area contributed by atoms with Gasteiger partial charge in [-0.2, -0.15) is 0 Å². The van der Waals surface area contributed by atoms with E-state index in [0.717, 1.165) is 11.1 Å². The molecule has 2 aromatic carbocycles. The Labute approximate surface area is 145 Å². The van der Waals surface area contributed by atoms with Crippen molar-refractivity contribution in [3.63, 3.8) is 0 Å². The monoisotopic (exact) mass is 338 g/mol. The second kappa shape index (κ2) is 7.17. The summed E-state index contributed by atoms with van der Waals surface area (Å²) in [5.41, 5.74) is 2.73. The number of hydrogen-bond acceptors (Lipinski definition) is 4. The molecule has 1 aliphatic heterocycles. The summed E-state index contributed by atoms with van der Waals surface area (Å²) < 4.78 is 5.22. The Balaban J connectivity index is 1.60. The van der Waals surface area contributed by atoms with E-state index < -0.39 is 12.1 Å². The van der Waals surface area contributed by atoms with Gasteiger partial charge in [0.2, 0.25) is 0 Å². The number of cyclic esters (lactones) is 1. The van der Waals surface area contributed by atoms with Crippen LogP contribution in [-0.4, -0.2) is 30.9 Å². The van der Waals surface area contributed by atoms with E-state index >= 15 is 0 Å². The van der Waals surface area contributed by atoms with Gasteiger partial charge in [-0.05, 0) is 29.3 Å². The Morgan fingerprint density at radius 1 is 1.12 bits per heavy atom. The fourth-order valence-corrected chi connectivity index (χ4v) is 2.70. The predicted molar refractivity (Wildman–Crippen MR) is 91.0 cm³/mol. The van der Waals surface area contributed by atoms with Crippen LogP contribution in [0.25, 0.3) is 0 Å². The normalized spacial score (nSPS) is 15.7. The standard InChI is InChI=1S/C19H18N2O4/c1-20-17(22)13-8-6-12(7-9-13)11-21-18(23)16-10-14-4-2-3-5-15(14)19(24)25-16/h2-9,16H,10-11H2,1H3,(H,20,22)(H,21,23). The number of rotatable bonds is 4. The van der Waals surface area contributed by atoms with Crippen LogP contribution in [0, 0.1) is 0 Å². The zero-order chi connectivity index (χ0) is 17.8. The minimum absolute atomic E-state index is 0.164. The summed E-state index contributed by atoms with van der Waals surface area (Å²) in [4.78, 5) is 35.8. The summed E-state index contributed by atoms with van der Waals surface area (Å²) in [5.74, 6) is -0.974. The average molecular weight is 338 g/mol. The van der Waals surface area contributed by atoms with Crippen molar-refractivity contribution in [3.05, 3.63) is 70.8 Å². The summed E-state index contributed by atoms with van der Waals surface area (Å²) in [6.07, 6.45) is -0.462. The molecule has 2 aromatic rings. The van der Waals surface area contributed by atoms with Gasteiger partial charge in [0.05, 0.1) is 5.56 Å². The number of carbonyl (C=O) groups excluding carboxylic acids is 3. The lowest BCUT2D eigenvalue weighted by Crippen LogP contribution is -2.41. The molecule has 1 heterocycles. The van der Waals surface area contributed by atoms with E-state index in [0.29, 0.717) is 24.1 Å². The summed E-state index contributed by atoms with van der Waals surface area (Å²) in [7, 11) is 1.57. The van der Waals surface area contributed by atoms with Crippen LogP contribution in [0.5, 0.6) is 0 Å². The average Bonchev–Trinajstić information content (AvgIpc) is 2.65. The Hall–Kier alpha value is -3.15. The minimum Gasteiger partial charge on any atom is -0.448 e. The van der Waals surface area contributed by atoms with E-state index in [9.17, 15) is 14.4 Å². The van der Waals surface area contributed by atoms with Crippen LogP contribution in [0.2, 0.25) is 0 Å². The van der Waals surface area contributed by atoms with Crippen molar-refractivity contribution in [3.8, 4) is 0 Å². The molecule has 1 atom stereocenters. The minimum atomic E-state index is -0.826. The molecular weight excluding hydrogens is 320 g/mol. The van der Waals surface area contributed by atoms with Crippen LogP contribution in [0.3, 0.4) is 0 Å². The maximum Gasteiger partial charge on any atom is 0.339 e. The van der Waals surface area contributed by atoms with E-state index in [1.165, 1.54) is 0 Å². The summed E-state index contributed by atoms with van der Waals surface area (Å²) in [6.45, 7) is 0.294. The van der Waals surface area contributed by atoms with Crippen LogP contribution in [-0.2, 0) is 22.5 Å². The first-order valence-corrected chi connectivity index (χ1v) is 7.96. The molecule has 1 aliphatic rings. The molecule has 6 nitrogen and oxygen atoms in total. The molecule has 2 amide bonds. The first-order chi connectivity index (χ1) is 12.1. The van der Waals surface area contributed by atoms with Crippen LogP contribution in [0.4, 0.5) is 0 Å². The van der Waals surface area contributed by atoms with E-state index in [2.05, 4.69) is 10.6 Å². The highest BCUT2D eigenvalue weighted by atomic mass is 16.5. The van der Waals surface area contributed by atoms with Crippen molar-refractivity contribution in [1.29, 1.82) is 0 Å². The fraction of sp³-hybridized carbons (Fsp3) is 0.211. The smallest absolute Gasteiger partial charge is 0.339 e. The van der Waals surface area contributed by atoms with Gasteiger partial charge in [-0.15, -0.1) is 0 Å². The largest absolute Gasteiger partial charge is 0.448 e. The number of hydrogen-bond donors (Lipinski definition) is 2. The van der Waals surface area contributed by atoms with Crippen molar-refractivity contribution in [2.24, 2.45) is 0 Å². The molecule has 0 saturated carbocycles. The molecule has 25 heavy (non-hydrogen) atoms. The molecule has 0 spiro atoms. The van der Waals surface area contributed by atoms with Crippen LogP contribution in [0.1, 0.15) is 31.8 Å². The van der Waals surface area contributed by atoms with E-state index in [4.69, 9.17) is 4.74 Å². The van der Waals surface area contributed by atoms with Gasteiger partial charge >= 0.3 is 5.97 Å². The molecule has 0 fully saturated rings. The summed E-state index contributed by atoms with van der Waals surface area (Å²) >= 11 is 0. The van der Waals surface area contributed by atoms with Crippen molar-refractivity contribution in [1.82, 2.24) is 10.6 Å². The van der Waals surface area contributed by atoms with Crippen LogP contribution in [0.15, 0.2) is 48.5 Å². The topological polar surface area (TPSA) is 84.5 Å². The van der Waals surface area contributed by atoms with E-state index in [1.807, 2.05) is 12.1 Å². The molecule has 0 radical (unpaired) electrons. The maximum atomic E-state index is 12.3. The van der Waals surface area contributed by atoms with Crippen molar-refractivity contribution in [2.45, 2.75) is 19.1 Å². The highest BCUT2D eigenvalue weighted by molar-refractivity contribution is 5.96. The van der Waals surface area contributed by atoms with Crippen molar-refractivity contribution < 1.29 is 19.1 Å². The lowest BCUT2D eigenvalue weighted by Gasteiger charge is -2.23. The quantitative estimate of drug-likeness (QED) is 0.826. The first-order valence-electron chi connectivity index (χ1n) is 7.96. The number of nitrogens with one attached hydrogen (secondary N) is 2. The van der Waals surface area contributed by atoms with E-state index in [-0.39, 0.29) is 11.8 Å². The third-order valence-electron chi connectivity index (χ3n) is 4.09. The van der Waals surface area contributed by atoms with Crippen LogP contribution < -0.4 is 10.6 Å². The third-order valence-corrected chi connectivity index (χ3v) is 4.09. The molecule has 0 aromatic heterocycles. The zero-order valence-electron chi connectivity index (χ0n) is 13.7. The van der Waals surface area contributed by atoms with Crippen molar-refractivity contribution in [2.75, 3.05) is 7.05 Å². The number of benzene rings is 2. The number of carbonyl (C=O) groups is 3. The SMILES string of the molecule is CNC(=O)c1ccc(CNC(=O)C2Cc3ccccc3C(=O)O2)cc1. The zero-order valence-corrected chi connectivity index (χ0v) is 13.7.